The fourth-order valence-electron chi connectivity index (χ4n) is 1.83. The van der Waals surface area contributed by atoms with Crippen LogP contribution in [0.3, 0.4) is 0 Å². The van der Waals surface area contributed by atoms with Crippen molar-refractivity contribution >= 4 is 66.1 Å². The smallest absolute Gasteiger partial charge is 0.294 e. The van der Waals surface area contributed by atoms with Gasteiger partial charge in [0.2, 0.25) is 4.80 Å². The first-order chi connectivity index (χ1) is 9.90. The fourth-order valence-corrected chi connectivity index (χ4v) is 5.68. The molecule has 0 aliphatic heterocycles. The number of fused-ring (bicyclic) bond motifs is 1. The van der Waals surface area contributed by atoms with E-state index in [1.165, 1.54) is 17.4 Å². The van der Waals surface area contributed by atoms with Crippen LogP contribution in [0.5, 0.6) is 0 Å². The molecular weight excluding hydrogens is 371 g/mol. The van der Waals surface area contributed by atoms with Gasteiger partial charge in [0.05, 0.1) is 20.3 Å². The third kappa shape index (κ3) is 2.64. The summed E-state index contributed by atoms with van der Waals surface area (Å²) >= 11 is 14.6. The molecule has 0 atom stereocenters. The van der Waals surface area contributed by atoms with Crippen LogP contribution in [0.15, 0.2) is 38.3 Å². The first-order valence-electron chi connectivity index (χ1n) is 5.68. The van der Waals surface area contributed by atoms with E-state index in [-0.39, 0.29) is 4.21 Å². The third-order valence-electron chi connectivity index (χ3n) is 2.80. The third-order valence-corrected chi connectivity index (χ3v) is 7.45. The predicted molar refractivity (Wildman–Crippen MR) is 87.9 cm³/mol. The average molecular weight is 379 g/mol. The highest BCUT2D eigenvalue weighted by Crippen LogP contribution is 2.31. The lowest BCUT2D eigenvalue weighted by Crippen LogP contribution is -2.13. The summed E-state index contributed by atoms with van der Waals surface area (Å²) in [5.74, 6) is 0. The van der Waals surface area contributed by atoms with Gasteiger partial charge in [-0.25, -0.2) is 0 Å². The Morgan fingerprint density at radius 3 is 2.52 bits per heavy atom. The van der Waals surface area contributed by atoms with Crippen molar-refractivity contribution in [3.05, 3.63) is 44.5 Å². The monoisotopic (exact) mass is 378 g/mol. The van der Waals surface area contributed by atoms with Crippen molar-refractivity contribution in [1.82, 2.24) is 4.57 Å². The van der Waals surface area contributed by atoms with Crippen LogP contribution in [0.1, 0.15) is 0 Å². The zero-order chi connectivity index (χ0) is 15.2. The molecule has 110 valence electrons. The Morgan fingerprint density at radius 1 is 1.19 bits per heavy atom. The second kappa shape index (κ2) is 5.40. The maximum atomic E-state index is 12.2. The van der Waals surface area contributed by atoms with Crippen LogP contribution in [-0.2, 0) is 17.1 Å². The van der Waals surface area contributed by atoms with Crippen LogP contribution in [0.2, 0.25) is 10.0 Å². The number of halogens is 2. The van der Waals surface area contributed by atoms with Crippen molar-refractivity contribution in [1.29, 1.82) is 0 Å². The lowest BCUT2D eigenvalue weighted by molar-refractivity contribution is 0.598. The van der Waals surface area contributed by atoms with Crippen molar-refractivity contribution < 1.29 is 8.42 Å². The largest absolute Gasteiger partial charge is 0.318 e. The zero-order valence-corrected chi connectivity index (χ0v) is 14.5. The number of hydrogen-bond donors (Lipinski definition) is 0. The van der Waals surface area contributed by atoms with E-state index in [0.29, 0.717) is 25.1 Å². The molecule has 0 bridgehead atoms. The summed E-state index contributed by atoms with van der Waals surface area (Å²) in [6, 6.07) is 6.55. The molecule has 0 unspecified atom stereocenters. The molecular formula is C12H8Cl2N2O2S3. The van der Waals surface area contributed by atoms with Crippen LogP contribution in [0, 0.1) is 0 Å². The van der Waals surface area contributed by atoms with E-state index in [2.05, 4.69) is 4.40 Å². The molecule has 9 heteroatoms. The Morgan fingerprint density at radius 2 is 1.90 bits per heavy atom. The number of thiophene rings is 1. The summed E-state index contributed by atoms with van der Waals surface area (Å²) in [4.78, 5) is 0.327. The molecule has 0 amide bonds. The van der Waals surface area contributed by atoms with Crippen molar-refractivity contribution in [2.75, 3.05) is 0 Å². The van der Waals surface area contributed by atoms with E-state index < -0.39 is 10.0 Å². The van der Waals surface area contributed by atoms with E-state index in [1.807, 2.05) is 0 Å². The van der Waals surface area contributed by atoms with E-state index in [9.17, 15) is 8.42 Å². The number of aryl methyl sites for hydroxylation is 1. The summed E-state index contributed by atoms with van der Waals surface area (Å²) in [6.07, 6.45) is 0. The van der Waals surface area contributed by atoms with E-state index >= 15 is 0 Å². The van der Waals surface area contributed by atoms with Crippen molar-refractivity contribution in [2.45, 2.75) is 4.21 Å². The Balaban J connectivity index is 2.32. The number of aromatic nitrogens is 1. The predicted octanol–water partition coefficient (Wildman–Crippen LogP) is 3.90. The van der Waals surface area contributed by atoms with Crippen LogP contribution in [0.4, 0.5) is 0 Å². The molecule has 3 aromatic rings. The number of sulfonamides is 1. The second-order valence-corrected chi connectivity index (χ2v) is 8.72. The summed E-state index contributed by atoms with van der Waals surface area (Å²) < 4.78 is 30.9. The molecule has 0 saturated heterocycles. The summed E-state index contributed by atoms with van der Waals surface area (Å²) in [7, 11) is -2.01. The molecule has 0 spiro atoms. The minimum absolute atomic E-state index is 0.206. The zero-order valence-electron chi connectivity index (χ0n) is 10.6. The molecule has 21 heavy (non-hydrogen) atoms. The van der Waals surface area contributed by atoms with Gasteiger partial charge >= 0.3 is 0 Å². The fraction of sp³-hybridized carbons (Fsp3) is 0.0833. The van der Waals surface area contributed by atoms with Gasteiger partial charge in [0.25, 0.3) is 10.0 Å². The van der Waals surface area contributed by atoms with Gasteiger partial charge in [-0.2, -0.15) is 8.42 Å². The van der Waals surface area contributed by atoms with Gasteiger partial charge in [-0.1, -0.05) is 40.6 Å². The Kier molecular flexibility index (Phi) is 3.87. The van der Waals surface area contributed by atoms with E-state index in [1.54, 1.807) is 35.2 Å². The first-order valence-corrected chi connectivity index (χ1v) is 9.57. The van der Waals surface area contributed by atoms with Crippen molar-refractivity contribution in [2.24, 2.45) is 11.4 Å². The summed E-state index contributed by atoms with van der Waals surface area (Å²) in [6.45, 7) is 0. The lowest BCUT2D eigenvalue weighted by Gasteiger charge is -1.99. The molecule has 3 rings (SSSR count). The lowest BCUT2D eigenvalue weighted by atomic mass is 10.3. The summed E-state index contributed by atoms with van der Waals surface area (Å²) in [5.41, 5.74) is 0.675. The molecule has 0 saturated carbocycles. The second-order valence-electron chi connectivity index (χ2n) is 4.15. The SMILES string of the molecule is Cn1c(=NS(=O)(=O)c2cccs2)sc2c(Cl)ccc(Cl)c21. The minimum Gasteiger partial charge on any atom is -0.318 e. The van der Waals surface area contributed by atoms with Crippen LogP contribution < -0.4 is 4.80 Å². The van der Waals surface area contributed by atoms with Gasteiger partial charge < -0.3 is 4.57 Å². The molecule has 2 aromatic heterocycles. The summed E-state index contributed by atoms with van der Waals surface area (Å²) in [5, 5.41) is 2.72. The molecule has 0 aliphatic carbocycles. The van der Waals surface area contributed by atoms with Crippen LogP contribution in [0.25, 0.3) is 10.2 Å². The molecule has 0 fully saturated rings. The van der Waals surface area contributed by atoms with Gasteiger partial charge in [0, 0.05) is 7.05 Å². The quantitative estimate of drug-likeness (QED) is 0.678. The normalized spacial score (nSPS) is 13.2. The topological polar surface area (TPSA) is 51.4 Å². The molecule has 0 N–H and O–H groups in total. The van der Waals surface area contributed by atoms with Crippen molar-refractivity contribution in [3.8, 4) is 0 Å². The van der Waals surface area contributed by atoms with Gasteiger partial charge in [-0.05, 0) is 23.6 Å². The van der Waals surface area contributed by atoms with Gasteiger partial charge in [-0.3, -0.25) is 0 Å². The Labute approximate surface area is 139 Å². The van der Waals surface area contributed by atoms with Gasteiger partial charge in [0.15, 0.2) is 0 Å². The molecule has 0 aliphatic rings. The minimum atomic E-state index is -3.72. The van der Waals surface area contributed by atoms with Crippen molar-refractivity contribution in [3.63, 3.8) is 0 Å². The molecule has 2 heterocycles. The van der Waals surface area contributed by atoms with E-state index in [4.69, 9.17) is 23.2 Å². The van der Waals surface area contributed by atoms with Crippen LogP contribution >= 0.6 is 45.9 Å². The van der Waals surface area contributed by atoms with Gasteiger partial charge in [0.1, 0.15) is 4.21 Å². The standard InChI is InChI=1S/C12H8Cl2N2O2S3/c1-16-10-7(13)4-5-8(14)11(10)20-12(16)15-21(17,18)9-3-2-6-19-9/h2-6H,1H3. The highest BCUT2D eigenvalue weighted by Gasteiger charge is 2.16. The number of thiazole rings is 1. The highest BCUT2D eigenvalue weighted by molar-refractivity contribution is 7.92. The number of benzene rings is 1. The highest BCUT2D eigenvalue weighted by atomic mass is 35.5. The molecule has 4 nitrogen and oxygen atoms in total. The maximum Gasteiger partial charge on any atom is 0.294 e. The van der Waals surface area contributed by atoms with E-state index in [0.717, 1.165) is 11.3 Å². The molecule has 0 radical (unpaired) electrons. The number of hydrogen-bond acceptors (Lipinski definition) is 4. The molecule has 1 aromatic carbocycles. The van der Waals surface area contributed by atoms with Gasteiger partial charge in [-0.15, -0.1) is 15.7 Å². The maximum absolute atomic E-state index is 12.2. The number of nitrogens with zero attached hydrogens (tertiary/aromatic N) is 2. The Bertz CT molecular complexity index is 986. The average Bonchev–Trinajstić information content (AvgIpc) is 3.04. The number of rotatable bonds is 2. The van der Waals surface area contributed by atoms with Crippen LogP contribution in [-0.4, -0.2) is 13.0 Å². The first kappa shape index (κ1) is 15.1. The Hall–Kier alpha value is -0.860.